The van der Waals surface area contributed by atoms with E-state index in [9.17, 15) is 24.2 Å². The maximum Gasteiger partial charge on any atom is 0.472 e. The average molecular weight is 836 g/mol. The molecule has 0 heterocycles. The van der Waals surface area contributed by atoms with E-state index in [1.165, 1.54) is 83.5 Å². The molecule has 4 N–H and O–H groups in total. The molecule has 0 saturated heterocycles. The van der Waals surface area contributed by atoms with Gasteiger partial charge in [0.1, 0.15) is 6.61 Å². The molecule has 0 amide bonds. The number of phosphoric acid groups is 1. The number of aliphatic hydroxyl groups is 1. The Morgan fingerprint density at radius 1 is 0.621 bits per heavy atom. The number of nitrogens with two attached hydrogens (primary N) is 1. The number of carbonyl (C=O) groups excluding carboxylic acids is 2. The molecule has 0 saturated carbocycles. The van der Waals surface area contributed by atoms with Crippen molar-refractivity contribution in [3.8, 4) is 0 Å². The van der Waals surface area contributed by atoms with E-state index in [2.05, 4.69) is 62.5 Å². The van der Waals surface area contributed by atoms with E-state index in [0.29, 0.717) is 19.3 Å². The molecule has 58 heavy (non-hydrogen) atoms. The summed E-state index contributed by atoms with van der Waals surface area (Å²) in [5.74, 6) is -1.04. The normalized spacial score (nSPS) is 14.5. The predicted octanol–water partition coefficient (Wildman–Crippen LogP) is 12.0. The van der Waals surface area contributed by atoms with Gasteiger partial charge in [-0.15, -0.1) is 0 Å². The van der Waals surface area contributed by atoms with Crippen LogP contribution >= 0.6 is 7.82 Å². The van der Waals surface area contributed by atoms with Gasteiger partial charge in [0.2, 0.25) is 0 Å². The van der Waals surface area contributed by atoms with Gasteiger partial charge in [-0.05, 0) is 70.6 Å². The molecule has 3 atom stereocenters. The third kappa shape index (κ3) is 41.6. The molecule has 2 unspecified atom stereocenters. The Bertz CT molecular complexity index is 1200. The zero-order valence-corrected chi connectivity index (χ0v) is 37.3. The summed E-state index contributed by atoms with van der Waals surface area (Å²) in [6, 6.07) is 0. The van der Waals surface area contributed by atoms with E-state index in [0.717, 1.165) is 44.9 Å². The lowest BCUT2D eigenvalue weighted by molar-refractivity contribution is -0.161. The van der Waals surface area contributed by atoms with Gasteiger partial charge in [0.05, 0.1) is 19.3 Å². The van der Waals surface area contributed by atoms with E-state index in [1.807, 2.05) is 12.2 Å². The van der Waals surface area contributed by atoms with Crippen LogP contribution in [0.15, 0.2) is 72.9 Å². The molecule has 0 aliphatic heterocycles. The van der Waals surface area contributed by atoms with Crippen LogP contribution in [0.2, 0.25) is 0 Å². The Morgan fingerprint density at radius 3 is 1.74 bits per heavy atom. The number of ether oxygens (including phenoxy) is 2. The molecule has 0 aliphatic carbocycles. The number of phosphoric ester groups is 1. The summed E-state index contributed by atoms with van der Waals surface area (Å²) >= 11 is 0. The molecule has 0 spiro atoms. The number of carbonyl (C=O) groups is 2. The monoisotopic (exact) mass is 836 g/mol. The van der Waals surface area contributed by atoms with Gasteiger partial charge in [0, 0.05) is 19.4 Å². The standard InChI is InChI=1S/C47H82NO9P/c1-3-5-7-9-11-13-15-17-18-19-20-21-22-24-26-28-30-32-34-38-46(50)54-42-45(43-56-58(52,53)55-41-40-48)57-47(51)39-35-37-44(49)36-33-31-29-27-25-23-16-14-12-10-8-6-4-2/h6,8,12,14,17-18,23,25,29,31,33,36,44-45,49H,3-5,7,9-11,13,15-16,19-22,24,26-28,30,32,34-35,37-43,48H2,1-2H3,(H,52,53)/b8-6-,14-12-,18-17-,25-23-,31-29-,36-33+/t44?,45-/m1/s1. The van der Waals surface area contributed by atoms with Crippen LogP contribution in [0.3, 0.4) is 0 Å². The molecule has 0 aromatic carbocycles. The molecule has 0 fully saturated rings. The van der Waals surface area contributed by atoms with Crippen molar-refractivity contribution in [2.45, 2.75) is 187 Å². The molecule has 0 bridgehead atoms. The highest BCUT2D eigenvalue weighted by atomic mass is 31.2. The fourth-order valence-corrected chi connectivity index (χ4v) is 6.60. The summed E-state index contributed by atoms with van der Waals surface area (Å²) in [6.45, 7) is 3.38. The van der Waals surface area contributed by atoms with Gasteiger partial charge < -0.3 is 25.2 Å². The molecule has 0 aliphatic rings. The fourth-order valence-electron chi connectivity index (χ4n) is 5.83. The third-order valence-electron chi connectivity index (χ3n) is 9.18. The van der Waals surface area contributed by atoms with Gasteiger partial charge in [0.15, 0.2) is 6.10 Å². The van der Waals surface area contributed by atoms with Crippen LogP contribution in [0.25, 0.3) is 0 Å². The van der Waals surface area contributed by atoms with Gasteiger partial charge in [-0.3, -0.25) is 18.6 Å². The topological polar surface area (TPSA) is 155 Å². The van der Waals surface area contributed by atoms with Crippen LogP contribution in [-0.2, 0) is 32.7 Å². The summed E-state index contributed by atoms with van der Waals surface area (Å²) in [5, 5.41) is 10.3. The van der Waals surface area contributed by atoms with Crippen molar-refractivity contribution in [3.05, 3.63) is 72.9 Å². The van der Waals surface area contributed by atoms with Gasteiger partial charge in [-0.1, -0.05) is 164 Å². The number of hydrogen-bond donors (Lipinski definition) is 3. The second-order valence-corrected chi connectivity index (χ2v) is 16.2. The highest BCUT2D eigenvalue weighted by Gasteiger charge is 2.26. The Balaban J connectivity index is 4.31. The van der Waals surface area contributed by atoms with E-state index in [4.69, 9.17) is 24.3 Å². The lowest BCUT2D eigenvalue weighted by Crippen LogP contribution is -2.29. The van der Waals surface area contributed by atoms with Crippen molar-refractivity contribution < 1.29 is 42.7 Å². The molecule has 11 heteroatoms. The highest BCUT2D eigenvalue weighted by molar-refractivity contribution is 7.47. The van der Waals surface area contributed by atoms with Crippen LogP contribution in [0.4, 0.5) is 0 Å². The van der Waals surface area contributed by atoms with Crippen LogP contribution in [-0.4, -0.2) is 60.5 Å². The van der Waals surface area contributed by atoms with Gasteiger partial charge in [0.25, 0.3) is 0 Å². The first kappa shape index (κ1) is 55.4. The predicted molar refractivity (Wildman–Crippen MR) is 239 cm³/mol. The Morgan fingerprint density at radius 2 is 1.16 bits per heavy atom. The quantitative estimate of drug-likeness (QED) is 0.0178. The summed E-state index contributed by atoms with van der Waals surface area (Å²) in [5.41, 5.74) is 5.34. The lowest BCUT2D eigenvalue weighted by Gasteiger charge is -2.20. The summed E-state index contributed by atoms with van der Waals surface area (Å²) in [6.07, 6.45) is 48.2. The van der Waals surface area contributed by atoms with Crippen LogP contribution in [0.1, 0.15) is 174 Å². The van der Waals surface area contributed by atoms with Gasteiger partial charge in [-0.2, -0.15) is 0 Å². The molecule has 0 aromatic heterocycles. The van der Waals surface area contributed by atoms with Gasteiger partial charge in [-0.25, -0.2) is 4.57 Å². The largest absolute Gasteiger partial charge is 0.472 e. The fraction of sp³-hybridized carbons (Fsp3) is 0.702. The number of hydrogen-bond acceptors (Lipinski definition) is 9. The Labute approximate surface area is 353 Å². The smallest absolute Gasteiger partial charge is 0.462 e. The SMILES string of the molecule is CC/C=C\C/C=C\C/C=C\C/C=C\C=C\C(O)CCCC(=O)O[C@H](COC(=O)CCCCCCCCCCC/C=C\CCCCCCCC)COP(=O)(O)OCCN. The first-order valence-corrected chi connectivity index (χ1v) is 24.0. The number of unbranched alkanes of at least 4 members (excludes halogenated alkanes) is 15. The Kier molecular flexibility index (Phi) is 40.6. The summed E-state index contributed by atoms with van der Waals surface area (Å²) < 4.78 is 32.6. The van der Waals surface area contributed by atoms with Crippen LogP contribution in [0, 0.1) is 0 Å². The van der Waals surface area contributed by atoms with Crippen molar-refractivity contribution in [2.24, 2.45) is 5.73 Å². The van der Waals surface area contributed by atoms with Crippen molar-refractivity contribution in [2.75, 3.05) is 26.4 Å². The first-order valence-electron chi connectivity index (χ1n) is 22.5. The van der Waals surface area contributed by atoms with E-state index in [1.54, 1.807) is 12.2 Å². The van der Waals surface area contributed by atoms with E-state index < -0.39 is 38.6 Å². The minimum absolute atomic E-state index is 0.00349. The molecule has 334 valence electrons. The van der Waals surface area contributed by atoms with Crippen molar-refractivity contribution >= 4 is 19.8 Å². The minimum atomic E-state index is -4.44. The lowest BCUT2D eigenvalue weighted by atomic mass is 10.1. The summed E-state index contributed by atoms with van der Waals surface area (Å²) in [4.78, 5) is 34.9. The second-order valence-electron chi connectivity index (χ2n) is 14.7. The maximum atomic E-state index is 12.6. The first-order chi connectivity index (χ1) is 28.2. The third-order valence-corrected chi connectivity index (χ3v) is 10.2. The zero-order chi connectivity index (χ0) is 42.6. The van der Waals surface area contributed by atoms with Gasteiger partial charge >= 0.3 is 19.8 Å². The van der Waals surface area contributed by atoms with Crippen molar-refractivity contribution in [3.63, 3.8) is 0 Å². The maximum absolute atomic E-state index is 12.6. The van der Waals surface area contributed by atoms with E-state index in [-0.39, 0.29) is 32.6 Å². The minimum Gasteiger partial charge on any atom is -0.462 e. The molecular formula is C47H82NO9P. The average Bonchev–Trinajstić information content (AvgIpc) is 3.20. The zero-order valence-electron chi connectivity index (χ0n) is 36.4. The Hall–Kier alpha value is -2.59. The van der Waals surface area contributed by atoms with Crippen LogP contribution in [0.5, 0.6) is 0 Å². The number of aliphatic hydroxyl groups excluding tert-OH is 1. The number of esters is 2. The van der Waals surface area contributed by atoms with Crippen molar-refractivity contribution in [1.82, 2.24) is 0 Å². The van der Waals surface area contributed by atoms with Crippen LogP contribution < -0.4 is 5.73 Å². The van der Waals surface area contributed by atoms with Crippen molar-refractivity contribution in [1.29, 1.82) is 0 Å². The highest BCUT2D eigenvalue weighted by Crippen LogP contribution is 2.43. The number of allylic oxidation sites excluding steroid dienone is 11. The molecule has 0 rings (SSSR count). The molecule has 0 aromatic rings. The van der Waals surface area contributed by atoms with E-state index >= 15 is 0 Å². The number of rotatable bonds is 41. The second kappa shape index (κ2) is 42.5. The summed E-state index contributed by atoms with van der Waals surface area (Å²) in [7, 11) is -4.44. The molecular weight excluding hydrogens is 753 g/mol. The molecule has 10 nitrogen and oxygen atoms in total. The molecule has 0 radical (unpaired) electrons.